The molecule has 2 aromatic rings. The van der Waals surface area contributed by atoms with E-state index < -0.39 is 25.0 Å². The lowest BCUT2D eigenvalue weighted by molar-refractivity contribution is -0.0269. The predicted molar refractivity (Wildman–Crippen MR) is 69.5 cm³/mol. The summed E-state index contributed by atoms with van der Waals surface area (Å²) in [5.74, 6) is 0. The number of aliphatic hydroxyl groups is 1. The van der Waals surface area contributed by atoms with Crippen LogP contribution in [0.5, 0.6) is 0 Å². The molecule has 0 saturated carbocycles. The molecule has 2 rings (SSSR count). The standard InChI is InChI=1S/C14H17F2NO2/c1-17-13(4-6-15)14(18,9-16)11-3-2-10-5-7-19-12(10)8-11/h2-3,5,7-8,13,17-18H,4,6,9H2,1H3. The average Bonchev–Trinajstić information content (AvgIpc) is 2.91. The Bertz CT molecular complexity index is 543. The van der Waals surface area contributed by atoms with E-state index in [1.807, 2.05) is 0 Å². The number of fused-ring (bicyclic) bond motifs is 1. The van der Waals surface area contributed by atoms with Crippen LogP contribution in [0, 0.1) is 0 Å². The fraction of sp³-hybridized carbons (Fsp3) is 0.429. The van der Waals surface area contributed by atoms with E-state index in [2.05, 4.69) is 5.32 Å². The van der Waals surface area contributed by atoms with Gasteiger partial charge in [-0.2, -0.15) is 0 Å². The minimum absolute atomic E-state index is 0.0348. The first-order valence-corrected chi connectivity index (χ1v) is 6.15. The lowest BCUT2D eigenvalue weighted by atomic mass is 9.85. The summed E-state index contributed by atoms with van der Waals surface area (Å²) in [6.07, 6.45) is 1.56. The van der Waals surface area contributed by atoms with Crippen molar-refractivity contribution < 1.29 is 18.3 Å². The van der Waals surface area contributed by atoms with E-state index in [1.54, 1.807) is 31.3 Å². The third-order valence-corrected chi connectivity index (χ3v) is 3.48. The Morgan fingerprint density at radius 3 is 2.79 bits per heavy atom. The van der Waals surface area contributed by atoms with Crippen molar-refractivity contribution in [2.24, 2.45) is 0 Å². The third-order valence-electron chi connectivity index (χ3n) is 3.48. The Balaban J connectivity index is 2.43. The van der Waals surface area contributed by atoms with E-state index in [0.29, 0.717) is 11.1 Å². The second-order valence-electron chi connectivity index (χ2n) is 4.55. The molecule has 1 heterocycles. The van der Waals surface area contributed by atoms with Gasteiger partial charge < -0.3 is 14.8 Å². The zero-order chi connectivity index (χ0) is 13.9. The third kappa shape index (κ3) is 2.48. The SMILES string of the molecule is CNC(CCF)C(O)(CF)c1ccc2ccoc2c1. The highest BCUT2D eigenvalue weighted by Crippen LogP contribution is 2.30. The number of hydrogen-bond acceptors (Lipinski definition) is 3. The second kappa shape index (κ2) is 5.67. The molecule has 5 heteroatoms. The van der Waals surface area contributed by atoms with Crippen LogP contribution in [-0.2, 0) is 5.60 Å². The molecule has 0 aliphatic carbocycles. The summed E-state index contributed by atoms with van der Waals surface area (Å²) < 4.78 is 31.1. The normalized spacial score (nSPS) is 16.4. The van der Waals surface area contributed by atoms with Crippen molar-refractivity contribution in [2.75, 3.05) is 20.4 Å². The number of hydrogen-bond donors (Lipinski definition) is 2. The molecule has 0 radical (unpaired) electrons. The molecule has 3 nitrogen and oxygen atoms in total. The topological polar surface area (TPSA) is 45.4 Å². The Hall–Kier alpha value is -1.46. The quantitative estimate of drug-likeness (QED) is 0.847. The van der Waals surface area contributed by atoms with Gasteiger partial charge in [-0.15, -0.1) is 0 Å². The van der Waals surface area contributed by atoms with Gasteiger partial charge in [-0.3, -0.25) is 4.39 Å². The van der Waals surface area contributed by atoms with Crippen LogP contribution >= 0.6 is 0 Å². The minimum Gasteiger partial charge on any atom is -0.464 e. The Kier molecular flexibility index (Phi) is 4.17. The number of halogens is 2. The average molecular weight is 269 g/mol. The molecule has 0 spiro atoms. The molecule has 0 amide bonds. The van der Waals surface area contributed by atoms with Crippen molar-refractivity contribution in [1.29, 1.82) is 0 Å². The van der Waals surface area contributed by atoms with Crippen LogP contribution in [0.15, 0.2) is 34.9 Å². The fourth-order valence-electron chi connectivity index (χ4n) is 2.33. The Morgan fingerprint density at radius 2 is 2.16 bits per heavy atom. The van der Waals surface area contributed by atoms with Crippen LogP contribution in [-0.4, -0.2) is 31.5 Å². The van der Waals surface area contributed by atoms with E-state index in [4.69, 9.17) is 4.42 Å². The molecule has 2 atom stereocenters. The van der Waals surface area contributed by atoms with Crippen molar-refractivity contribution in [2.45, 2.75) is 18.1 Å². The van der Waals surface area contributed by atoms with Crippen LogP contribution in [0.1, 0.15) is 12.0 Å². The van der Waals surface area contributed by atoms with Crippen molar-refractivity contribution >= 4 is 11.0 Å². The number of benzene rings is 1. The van der Waals surface area contributed by atoms with Gasteiger partial charge in [0.1, 0.15) is 17.9 Å². The molecule has 0 fully saturated rings. The molecule has 0 bridgehead atoms. The first-order chi connectivity index (χ1) is 9.15. The van der Waals surface area contributed by atoms with Gasteiger partial charge in [-0.1, -0.05) is 12.1 Å². The number of furan rings is 1. The maximum atomic E-state index is 13.4. The van der Waals surface area contributed by atoms with Crippen molar-refractivity contribution in [1.82, 2.24) is 5.32 Å². The highest BCUT2D eigenvalue weighted by atomic mass is 19.1. The first kappa shape index (κ1) is 14.0. The molecule has 0 aliphatic heterocycles. The maximum Gasteiger partial charge on any atom is 0.134 e. The Morgan fingerprint density at radius 1 is 1.37 bits per heavy atom. The van der Waals surface area contributed by atoms with Crippen LogP contribution in [0.2, 0.25) is 0 Å². The first-order valence-electron chi connectivity index (χ1n) is 6.15. The summed E-state index contributed by atoms with van der Waals surface area (Å²) in [7, 11) is 1.58. The van der Waals surface area contributed by atoms with Crippen LogP contribution in [0.3, 0.4) is 0 Å². The molecule has 19 heavy (non-hydrogen) atoms. The van der Waals surface area contributed by atoms with Crippen molar-refractivity contribution in [3.8, 4) is 0 Å². The molecule has 0 aliphatic rings. The molecular formula is C14H17F2NO2. The van der Waals surface area contributed by atoms with Crippen molar-refractivity contribution in [3.05, 3.63) is 36.1 Å². The number of alkyl halides is 2. The number of nitrogens with one attached hydrogen (secondary N) is 1. The lowest BCUT2D eigenvalue weighted by Gasteiger charge is -2.33. The monoisotopic (exact) mass is 269 g/mol. The molecule has 2 unspecified atom stereocenters. The van der Waals surface area contributed by atoms with E-state index in [9.17, 15) is 13.9 Å². The van der Waals surface area contributed by atoms with Gasteiger partial charge in [-0.25, -0.2) is 4.39 Å². The van der Waals surface area contributed by atoms with Crippen molar-refractivity contribution in [3.63, 3.8) is 0 Å². The van der Waals surface area contributed by atoms with Crippen LogP contribution in [0.4, 0.5) is 8.78 Å². The van der Waals surface area contributed by atoms with Gasteiger partial charge in [0, 0.05) is 11.4 Å². The summed E-state index contributed by atoms with van der Waals surface area (Å²) in [5, 5.41) is 14.2. The summed E-state index contributed by atoms with van der Waals surface area (Å²) in [6, 6.07) is 6.06. The van der Waals surface area contributed by atoms with Gasteiger partial charge in [0.05, 0.1) is 12.9 Å². The minimum atomic E-state index is -1.76. The van der Waals surface area contributed by atoms with E-state index >= 15 is 0 Å². The van der Waals surface area contributed by atoms with Gasteiger partial charge in [-0.05, 0) is 31.2 Å². The second-order valence-corrected chi connectivity index (χ2v) is 4.55. The molecule has 0 saturated heterocycles. The van der Waals surface area contributed by atoms with Gasteiger partial charge in [0.25, 0.3) is 0 Å². The lowest BCUT2D eigenvalue weighted by Crippen LogP contribution is -2.49. The molecular weight excluding hydrogens is 252 g/mol. The predicted octanol–water partition coefficient (Wildman–Crippen LogP) is 2.54. The fourth-order valence-corrected chi connectivity index (χ4v) is 2.33. The summed E-state index contributed by atoms with van der Waals surface area (Å²) >= 11 is 0. The highest BCUT2D eigenvalue weighted by Gasteiger charge is 2.38. The summed E-state index contributed by atoms with van der Waals surface area (Å²) in [6.45, 7) is -1.62. The van der Waals surface area contributed by atoms with Crippen LogP contribution < -0.4 is 5.32 Å². The molecule has 1 aromatic carbocycles. The van der Waals surface area contributed by atoms with E-state index in [1.165, 1.54) is 6.26 Å². The molecule has 1 aromatic heterocycles. The van der Waals surface area contributed by atoms with Gasteiger partial charge in [0.15, 0.2) is 0 Å². The highest BCUT2D eigenvalue weighted by molar-refractivity contribution is 5.77. The van der Waals surface area contributed by atoms with E-state index in [0.717, 1.165) is 5.39 Å². The van der Waals surface area contributed by atoms with Crippen LogP contribution in [0.25, 0.3) is 11.0 Å². The van der Waals surface area contributed by atoms with Gasteiger partial charge in [0.2, 0.25) is 0 Å². The Labute approximate surface area is 110 Å². The smallest absolute Gasteiger partial charge is 0.134 e. The molecule has 2 N–H and O–H groups in total. The molecule has 104 valence electrons. The van der Waals surface area contributed by atoms with Gasteiger partial charge >= 0.3 is 0 Å². The number of rotatable bonds is 6. The zero-order valence-electron chi connectivity index (χ0n) is 10.7. The number of likely N-dealkylation sites (N-methyl/N-ethyl adjacent to an activating group) is 1. The maximum absolute atomic E-state index is 13.4. The summed E-state index contributed by atoms with van der Waals surface area (Å²) in [4.78, 5) is 0. The summed E-state index contributed by atoms with van der Waals surface area (Å²) in [5.41, 5.74) is -0.813. The largest absolute Gasteiger partial charge is 0.464 e. The zero-order valence-corrected chi connectivity index (χ0v) is 10.7. The van der Waals surface area contributed by atoms with E-state index in [-0.39, 0.29) is 6.42 Å².